The van der Waals surface area contributed by atoms with Gasteiger partial charge < -0.3 is 9.80 Å². The first-order valence-electron chi connectivity index (χ1n) is 19.9. The Hall–Kier alpha value is -7.18. The van der Waals surface area contributed by atoms with Gasteiger partial charge in [0.05, 0.1) is 11.4 Å². The van der Waals surface area contributed by atoms with Gasteiger partial charge in [0.15, 0.2) is 23.3 Å². The van der Waals surface area contributed by atoms with E-state index in [9.17, 15) is 0 Å². The fourth-order valence-corrected chi connectivity index (χ4v) is 8.78. The van der Waals surface area contributed by atoms with Crippen LogP contribution in [0.3, 0.4) is 0 Å². The van der Waals surface area contributed by atoms with Crippen LogP contribution in [0.25, 0.3) is 53.9 Å². The summed E-state index contributed by atoms with van der Waals surface area (Å²) in [5.74, 6) is -6.60. The molecule has 60 heavy (non-hydrogen) atoms. The first kappa shape index (κ1) is 37.1. The van der Waals surface area contributed by atoms with Crippen molar-refractivity contribution in [3.8, 4) is 0 Å². The van der Waals surface area contributed by atoms with E-state index in [1.165, 1.54) is 0 Å². The van der Waals surface area contributed by atoms with Crippen LogP contribution >= 0.6 is 0 Å². The van der Waals surface area contributed by atoms with Gasteiger partial charge in [0.1, 0.15) is 0 Å². The quantitative estimate of drug-likeness (QED) is 0.0716. The molecule has 0 radical (unpaired) electrons. The van der Waals surface area contributed by atoms with Crippen molar-refractivity contribution in [2.24, 2.45) is 0 Å². The zero-order valence-electron chi connectivity index (χ0n) is 33.4. The summed E-state index contributed by atoms with van der Waals surface area (Å²) < 4.78 is 65.5. The zero-order valence-corrected chi connectivity index (χ0v) is 33.4. The largest absolute Gasteiger partial charge is 0.310 e. The van der Waals surface area contributed by atoms with Crippen LogP contribution in [0.2, 0.25) is 0 Å². The summed E-state index contributed by atoms with van der Waals surface area (Å²) in [4.78, 5) is 4.15. The summed E-state index contributed by atoms with van der Waals surface area (Å²) >= 11 is 0. The van der Waals surface area contributed by atoms with Crippen LogP contribution in [0.5, 0.6) is 0 Å². The molecule has 0 heterocycles. The lowest BCUT2D eigenvalue weighted by atomic mass is 9.86. The van der Waals surface area contributed by atoms with Gasteiger partial charge >= 0.3 is 0 Å². The smallest absolute Gasteiger partial charge is 0.198 e. The molecule has 0 atom stereocenters. The van der Waals surface area contributed by atoms with Gasteiger partial charge in [-0.1, -0.05) is 119 Å². The fourth-order valence-electron chi connectivity index (χ4n) is 8.78. The van der Waals surface area contributed by atoms with Crippen molar-refractivity contribution in [2.75, 3.05) is 9.80 Å². The molecule has 10 rings (SSSR count). The summed E-state index contributed by atoms with van der Waals surface area (Å²) in [5.41, 5.74) is 9.00. The third-order valence-corrected chi connectivity index (χ3v) is 11.8. The molecular weight excluding hydrogens is 753 g/mol. The minimum absolute atomic E-state index is 0.262. The second-order valence-electron chi connectivity index (χ2n) is 15.7. The number of anilines is 6. The molecule has 0 aromatic heterocycles. The summed E-state index contributed by atoms with van der Waals surface area (Å²) in [7, 11) is 0. The van der Waals surface area contributed by atoms with Crippen molar-refractivity contribution in [3.05, 3.63) is 203 Å². The van der Waals surface area contributed by atoms with E-state index in [2.05, 4.69) is 9.80 Å². The summed E-state index contributed by atoms with van der Waals surface area (Å²) in [6.07, 6.45) is 0. The number of halogens is 4. The van der Waals surface area contributed by atoms with E-state index >= 15 is 17.6 Å². The Bertz CT molecular complexity index is 3010. The van der Waals surface area contributed by atoms with Crippen molar-refractivity contribution in [3.63, 3.8) is 0 Å². The normalized spacial score (nSPS) is 11.7. The number of hydrogen-bond donors (Lipinski definition) is 0. The van der Waals surface area contributed by atoms with E-state index in [0.29, 0.717) is 22.1 Å². The van der Waals surface area contributed by atoms with Crippen molar-refractivity contribution in [1.82, 2.24) is 0 Å². The van der Waals surface area contributed by atoms with Crippen LogP contribution in [0, 0.1) is 51.0 Å². The molecule has 6 heteroatoms. The van der Waals surface area contributed by atoms with Gasteiger partial charge in [0.2, 0.25) is 0 Å². The van der Waals surface area contributed by atoms with Crippen molar-refractivity contribution >= 4 is 88.0 Å². The standard InChI is InChI=1S/C54H38F4N2/c1-31-13-21-35(22-14-31)59(36-23-15-32(2)16-24-36)45-29-43-47(41-11-7-5-9-39(41)45)48-42-12-8-6-10-40(42)46(30-44(48)50-49(43)51(55)53(57)54(58)52(50)56)60(37-25-17-33(3)18-26-37)38-27-19-34(4)20-28-38/h5-30H,1-4H3. The summed E-state index contributed by atoms with van der Waals surface area (Å²) in [6.45, 7) is 8.07. The van der Waals surface area contributed by atoms with Crippen LogP contribution in [0.15, 0.2) is 158 Å². The number of rotatable bonds is 6. The van der Waals surface area contributed by atoms with Gasteiger partial charge in [-0.05, 0) is 121 Å². The molecule has 292 valence electrons. The Morgan fingerprint density at radius 1 is 0.283 bits per heavy atom. The molecule has 0 saturated carbocycles. The van der Waals surface area contributed by atoms with Gasteiger partial charge in [-0.2, -0.15) is 0 Å². The zero-order chi connectivity index (χ0) is 41.4. The Morgan fingerprint density at radius 2 is 0.550 bits per heavy atom. The molecule has 0 aliphatic carbocycles. The van der Waals surface area contributed by atoms with E-state index in [0.717, 1.165) is 66.5 Å². The predicted molar refractivity (Wildman–Crippen MR) is 242 cm³/mol. The lowest BCUT2D eigenvalue weighted by molar-refractivity contribution is 0.418. The molecule has 0 bridgehead atoms. The number of fused-ring (bicyclic) bond motifs is 10. The average Bonchev–Trinajstić information content (AvgIpc) is 3.27. The van der Waals surface area contributed by atoms with E-state index in [-0.39, 0.29) is 21.5 Å². The maximum absolute atomic E-state index is 16.9. The fraction of sp³-hybridized carbons (Fsp3) is 0.0741. The van der Waals surface area contributed by atoms with Crippen LogP contribution in [0.1, 0.15) is 22.3 Å². The first-order chi connectivity index (χ1) is 29.1. The summed E-state index contributed by atoms with van der Waals surface area (Å²) in [6, 6.07) is 51.7. The average molecular weight is 791 g/mol. The minimum Gasteiger partial charge on any atom is -0.310 e. The summed E-state index contributed by atoms with van der Waals surface area (Å²) in [5, 5.41) is 4.25. The minimum atomic E-state index is -1.86. The highest BCUT2D eigenvalue weighted by Crippen LogP contribution is 2.51. The van der Waals surface area contributed by atoms with Crippen molar-refractivity contribution < 1.29 is 17.6 Å². The maximum atomic E-state index is 16.9. The highest BCUT2D eigenvalue weighted by atomic mass is 19.2. The Kier molecular flexibility index (Phi) is 8.83. The van der Waals surface area contributed by atoms with Gasteiger partial charge in [0, 0.05) is 44.3 Å². The number of aryl methyl sites for hydroxylation is 4. The van der Waals surface area contributed by atoms with Crippen LogP contribution < -0.4 is 9.80 Å². The van der Waals surface area contributed by atoms with Crippen molar-refractivity contribution in [1.29, 1.82) is 0 Å². The molecular formula is C54H38F4N2. The van der Waals surface area contributed by atoms with E-state index in [1.807, 2.05) is 185 Å². The highest BCUT2D eigenvalue weighted by Gasteiger charge is 2.29. The Morgan fingerprint density at radius 3 is 0.833 bits per heavy atom. The van der Waals surface area contributed by atoms with Gasteiger partial charge in [-0.3, -0.25) is 0 Å². The number of benzene rings is 10. The van der Waals surface area contributed by atoms with Gasteiger partial charge in [-0.15, -0.1) is 0 Å². The van der Waals surface area contributed by atoms with E-state index in [1.54, 1.807) is 0 Å². The first-order valence-corrected chi connectivity index (χ1v) is 19.9. The lowest BCUT2D eigenvalue weighted by Gasteiger charge is -2.30. The van der Waals surface area contributed by atoms with Crippen LogP contribution in [0.4, 0.5) is 51.7 Å². The second kappa shape index (κ2) is 14.3. The van der Waals surface area contributed by atoms with Gasteiger partial charge in [0.25, 0.3) is 0 Å². The molecule has 0 spiro atoms. The molecule has 0 unspecified atom stereocenters. The third kappa shape index (κ3) is 5.85. The lowest BCUT2D eigenvalue weighted by Crippen LogP contribution is -2.12. The van der Waals surface area contributed by atoms with E-state index in [4.69, 9.17) is 0 Å². The van der Waals surface area contributed by atoms with E-state index < -0.39 is 23.3 Å². The molecule has 0 aliphatic rings. The number of hydrogen-bond acceptors (Lipinski definition) is 2. The topological polar surface area (TPSA) is 6.48 Å². The van der Waals surface area contributed by atoms with Crippen LogP contribution in [-0.2, 0) is 0 Å². The van der Waals surface area contributed by atoms with Crippen molar-refractivity contribution in [2.45, 2.75) is 27.7 Å². The number of nitrogens with zero attached hydrogens (tertiary/aromatic N) is 2. The SMILES string of the molecule is Cc1ccc(N(c2ccc(C)cc2)c2cc3c4c(F)c(F)c(F)c(F)c4c4cc(N(c5ccc(C)cc5)c5ccc(C)cc5)c5ccccc5c4c3c3ccccc23)cc1. The highest BCUT2D eigenvalue weighted by molar-refractivity contribution is 6.39. The molecule has 0 N–H and O–H groups in total. The molecule has 10 aromatic rings. The second-order valence-corrected chi connectivity index (χ2v) is 15.7. The van der Waals surface area contributed by atoms with Gasteiger partial charge in [-0.25, -0.2) is 17.6 Å². The molecule has 0 aliphatic heterocycles. The molecule has 0 fully saturated rings. The molecule has 0 amide bonds. The Labute approximate surface area is 345 Å². The third-order valence-electron chi connectivity index (χ3n) is 11.8. The Balaban J connectivity index is 1.42. The molecule has 0 saturated heterocycles. The maximum Gasteiger partial charge on any atom is 0.198 e. The molecule has 2 nitrogen and oxygen atoms in total. The predicted octanol–water partition coefficient (Wildman–Crippen LogP) is 16.2. The molecule has 10 aromatic carbocycles. The monoisotopic (exact) mass is 790 g/mol. The van der Waals surface area contributed by atoms with Crippen LogP contribution in [-0.4, -0.2) is 0 Å².